The summed E-state index contributed by atoms with van der Waals surface area (Å²) >= 11 is 1.48. The normalized spacial score (nSPS) is 10.6. The number of hydrogen-bond donors (Lipinski definition) is 1. The highest BCUT2D eigenvalue weighted by Gasteiger charge is 2.19. The van der Waals surface area contributed by atoms with Crippen molar-refractivity contribution in [3.63, 3.8) is 0 Å². The number of carbonyl (C=O) groups excluding carboxylic acids is 1. The van der Waals surface area contributed by atoms with E-state index in [-0.39, 0.29) is 12.3 Å². The van der Waals surface area contributed by atoms with Crippen molar-refractivity contribution in [2.24, 2.45) is 0 Å². The zero-order valence-electron chi connectivity index (χ0n) is 12.5. The summed E-state index contributed by atoms with van der Waals surface area (Å²) in [6, 6.07) is 1.95. The van der Waals surface area contributed by atoms with Gasteiger partial charge in [-0.15, -0.1) is 11.3 Å². The second kappa shape index (κ2) is 6.83. The van der Waals surface area contributed by atoms with Crippen molar-refractivity contribution in [1.82, 2.24) is 10.3 Å². The van der Waals surface area contributed by atoms with E-state index in [9.17, 15) is 13.6 Å². The molecular weight excluding hydrogens is 310 g/mol. The number of hydrogen-bond acceptors (Lipinski definition) is 4. The number of carbonyl (C=O) groups is 1. The van der Waals surface area contributed by atoms with Crippen LogP contribution in [-0.2, 0) is 13.0 Å². The lowest BCUT2D eigenvalue weighted by molar-refractivity contribution is 0.0942. The molecule has 0 bridgehead atoms. The van der Waals surface area contributed by atoms with Crippen LogP contribution in [-0.4, -0.2) is 18.0 Å². The van der Waals surface area contributed by atoms with Crippen LogP contribution >= 0.6 is 11.3 Å². The number of halogens is 2. The van der Waals surface area contributed by atoms with Gasteiger partial charge in [0.2, 0.25) is 0 Å². The molecule has 0 unspecified atom stereocenters. The van der Waals surface area contributed by atoms with Gasteiger partial charge in [-0.05, 0) is 13.3 Å². The molecule has 22 heavy (non-hydrogen) atoms. The highest BCUT2D eigenvalue weighted by molar-refractivity contribution is 7.11. The van der Waals surface area contributed by atoms with Crippen LogP contribution in [0.3, 0.4) is 0 Å². The number of nitrogens with one attached hydrogen (secondary N) is 1. The minimum absolute atomic E-state index is 0.0254. The first-order chi connectivity index (χ1) is 10.5. The van der Waals surface area contributed by atoms with Gasteiger partial charge in [-0.1, -0.05) is 6.92 Å². The minimum atomic E-state index is -0.954. The standard InChI is InChI=1S/C15H16F2N2O2S/c1-4-13-19-8(2)12(22-13)7-18-15(20)14-10(16)5-9(21-3)6-11(14)17/h5-6H,4,7H2,1-3H3,(H,18,20). The maximum Gasteiger partial charge on any atom is 0.257 e. The molecule has 0 radical (unpaired) electrons. The van der Waals surface area contributed by atoms with E-state index in [4.69, 9.17) is 4.74 Å². The third-order valence-corrected chi connectivity index (χ3v) is 4.43. The van der Waals surface area contributed by atoms with E-state index in [2.05, 4.69) is 10.3 Å². The zero-order chi connectivity index (χ0) is 16.3. The molecule has 0 aliphatic heterocycles. The third kappa shape index (κ3) is 3.41. The average molecular weight is 326 g/mol. The topological polar surface area (TPSA) is 51.2 Å². The molecule has 0 saturated heterocycles. The fourth-order valence-corrected chi connectivity index (χ4v) is 2.89. The van der Waals surface area contributed by atoms with Gasteiger partial charge in [0, 0.05) is 17.0 Å². The molecule has 1 aromatic carbocycles. The number of benzene rings is 1. The average Bonchev–Trinajstić information content (AvgIpc) is 2.84. The summed E-state index contributed by atoms with van der Waals surface area (Å²) in [5.74, 6) is -2.69. The van der Waals surface area contributed by atoms with E-state index in [1.807, 2.05) is 13.8 Å². The molecule has 0 aliphatic carbocycles. The van der Waals surface area contributed by atoms with Crippen LogP contribution in [0, 0.1) is 18.6 Å². The minimum Gasteiger partial charge on any atom is -0.497 e. The number of aryl methyl sites for hydroxylation is 2. The van der Waals surface area contributed by atoms with Gasteiger partial charge >= 0.3 is 0 Å². The highest BCUT2D eigenvalue weighted by atomic mass is 32.1. The molecule has 1 heterocycles. The van der Waals surface area contributed by atoms with Crippen LogP contribution in [0.15, 0.2) is 12.1 Å². The van der Waals surface area contributed by atoms with E-state index < -0.39 is 23.1 Å². The Labute approximate surface area is 131 Å². The lowest BCUT2D eigenvalue weighted by atomic mass is 10.1. The van der Waals surface area contributed by atoms with Crippen molar-refractivity contribution in [2.75, 3.05) is 7.11 Å². The largest absolute Gasteiger partial charge is 0.497 e. The van der Waals surface area contributed by atoms with Crippen LogP contribution in [0.25, 0.3) is 0 Å². The Morgan fingerprint density at radius 1 is 1.36 bits per heavy atom. The molecule has 118 valence electrons. The highest BCUT2D eigenvalue weighted by Crippen LogP contribution is 2.21. The quantitative estimate of drug-likeness (QED) is 0.918. The maximum absolute atomic E-state index is 13.8. The van der Waals surface area contributed by atoms with Crippen LogP contribution in [0.5, 0.6) is 5.75 Å². The summed E-state index contributed by atoms with van der Waals surface area (Å²) in [7, 11) is 1.30. The molecule has 1 aromatic heterocycles. The smallest absolute Gasteiger partial charge is 0.257 e. The molecule has 0 saturated carbocycles. The van der Waals surface area contributed by atoms with Crippen molar-refractivity contribution < 1.29 is 18.3 Å². The molecular formula is C15H16F2N2O2S. The molecule has 0 fully saturated rings. The first-order valence-corrected chi connectivity index (χ1v) is 7.54. The molecule has 0 spiro atoms. The van der Waals surface area contributed by atoms with E-state index in [1.54, 1.807) is 0 Å². The summed E-state index contributed by atoms with van der Waals surface area (Å²) in [6.45, 7) is 4.02. The Morgan fingerprint density at radius 3 is 2.50 bits per heavy atom. The number of ether oxygens (including phenoxy) is 1. The van der Waals surface area contributed by atoms with Crippen LogP contribution in [0.4, 0.5) is 8.78 Å². The van der Waals surface area contributed by atoms with Crippen molar-refractivity contribution in [3.05, 3.63) is 44.9 Å². The van der Waals surface area contributed by atoms with Crippen molar-refractivity contribution in [1.29, 1.82) is 0 Å². The zero-order valence-corrected chi connectivity index (χ0v) is 13.3. The second-order valence-corrected chi connectivity index (χ2v) is 5.79. The third-order valence-electron chi connectivity index (χ3n) is 3.13. The SMILES string of the molecule is CCc1nc(C)c(CNC(=O)c2c(F)cc(OC)cc2F)s1. The monoisotopic (exact) mass is 326 g/mol. The van der Waals surface area contributed by atoms with Crippen molar-refractivity contribution in [2.45, 2.75) is 26.8 Å². The fraction of sp³-hybridized carbons (Fsp3) is 0.333. The van der Waals surface area contributed by atoms with E-state index in [1.165, 1.54) is 18.4 Å². The van der Waals surface area contributed by atoms with E-state index >= 15 is 0 Å². The first kappa shape index (κ1) is 16.4. The molecule has 1 N–H and O–H groups in total. The van der Waals surface area contributed by atoms with Gasteiger partial charge in [-0.25, -0.2) is 13.8 Å². The van der Waals surface area contributed by atoms with Gasteiger partial charge in [0.1, 0.15) is 22.9 Å². The Morgan fingerprint density at radius 2 is 2.00 bits per heavy atom. The van der Waals surface area contributed by atoms with Gasteiger partial charge in [0.05, 0.1) is 24.4 Å². The Hall–Kier alpha value is -2.02. The number of thiazole rings is 1. The van der Waals surface area contributed by atoms with Crippen molar-refractivity contribution in [3.8, 4) is 5.75 Å². The number of aromatic nitrogens is 1. The summed E-state index contributed by atoms with van der Waals surface area (Å²) in [4.78, 5) is 17.2. The summed E-state index contributed by atoms with van der Waals surface area (Å²) in [6.07, 6.45) is 0.807. The number of nitrogens with zero attached hydrogens (tertiary/aromatic N) is 1. The Kier molecular flexibility index (Phi) is 5.07. The van der Waals surface area contributed by atoms with Crippen molar-refractivity contribution >= 4 is 17.2 Å². The van der Waals surface area contributed by atoms with Gasteiger partial charge in [-0.2, -0.15) is 0 Å². The predicted octanol–water partition coefficient (Wildman–Crippen LogP) is 3.23. The summed E-state index contributed by atoms with van der Waals surface area (Å²) in [5, 5.41) is 3.48. The first-order valence-electron chi connectivity index (χ1n) is 6.72. The fourth-order valence-electron chi connectivity index (χ4n) is 1.94. The number of amides is 1. The second-order valence-electron chi connectivity index (χ2n) is 4.62. The molecule has 7 heteroatoms. The Balaban J connectivity index is 2.14. The summed E-state index contributed by atoms with van der Waals surface area (Å²) in [5.41, 5.74) is 0.205. The summed E-state index contributed by atoms with van der Waals surface area (Å²) < 4.78 is 32.4. The van der Waals surface area contributed by atoms with Gasteiger partial charge < -0.3 is 10.1 Å². The lowest BCUT2D eigenvalue weighted by Crippen LogP contribution is -2.25. The molecule has 2 aromatic rings. The lowest BCUT2D eigenvalue weighted by Gasteiger charge is -2.08. The van der Waals surface area contributed by atoms with E-state index in [0.717, 1.165) is 34.1 Å². The van der Waals surface area contributed by atoms with Gasteiger partial charge in [-0.3, -0.25) is 4.79 Å². The maximum atomic E-state index is 13.8. The van der Waals surface area contributed by atoms with Crippen LogP contribution in [0.2, 0.25) is 0 Å². The molecule has 0 atom stereocenters. The molecule has 0 aliphatic rings. The molecule has 1 amide bonds. The van der Waals surface area contributed by atoms with Gasteiger partial charge in [0.25, 0.3) is 5.91 Å². The van der Waals surface area contributed by atoms with Crippen LogP contribution < -0.4 is 10.1 Å². The van der Waals surface area contributed by atoms with Crippen LogP contribution in [0.1, 0.15) is 32.9 Å². The number of rotatable bonds is 5. The van der Waals surface area contributed by atoms with Gasteiger partial charge in [0.15, 0.2) is 0 Å². The van der Waals surface area contributed by atoms with E-state index in [0.29, 0.717) is 0 Å². The Bertz CT molecular complexity index is 678. The number of methoxy groups -OCH3 is 1. The molecule has 2 rings (SSSR count). The molecule has 4 nitrogen and oxygen atoms in total. The predicted molar refractivity (Wildman–Crippen MR) is 80.3 cm³/mol.